The van der Waals surface area contributed by atoms with E-state index in [1.165, 1.54) is 37.7 Å². The average Bonchev–Trinajstić information content (AvgIpc) is 2.73. The fourth-order valence-corrected chi connectivity index (χ4v) is 6.50. The quantitative estimate of drug-likeness (QED) is 0.605. The molecule has 1 unspecified atom stereocenters. The number of rotatable bonds is 6. The van der Waals surface area contributed by atoms with E-state index in [1.807, 2.05) is 30.3 Å². The number of nitrogens with one attached hydrogen (secondary N) is 1. The predicted octanol–water partition coefficient (Wildman–Crippen LogP) is 6.14. The van der Waals surface area contributed by atoms with E-state index >= 15 is 0 Å². The van der Waals surface area contributed by atoms with Crippen molar-refractivity contribution in [3.05, 3.63) is 70.8 Å². The summed E-state index contributed by atoms with van der Waals surface area (Å²) in [4.78, 5) is 0. The molecule has 0 radical (unpaired) electrons. The van der Waals surface area contributed by atoms with Crippen LogP contribution in [0.15, 0.2) is 48.5 Å². The molecule has 2 aromatic rings. The second-order valence-electron chi connectivity index (χ2n) is 10.6. The van der Waals surface area contributed by atoms with E-state index in [1.54, 1.807) is 11.1 Å². The fourth-order valence-electron chi connectivity index (χ4n) is 6.50. The highest BCUT2D eigenvalue weighted by atomic mass is 16.3. The van der Waals surface area contributed by atoms with Crippen molar-refractivity contribution in [2.24, 2.45) is 11.3 Å². The molecule has 0 heterocycles. The number of aryl methyl sites for hydroxylation is 1. The molecule has 2 aromatic carbocycles. The van der Waals surface area contributed by atoms with Gasteiger partial charge in [0.1, 0.15) is 0 Å². The summed E-state index contributed by atoms with van der Waals surface area (Å²) in [5.41, 5.74) is 6.23. The highest BCUT2D eigenvalue weighted by molar-refractivity contribution is 5.42. The SMILES string of the molecule is CC(C)c1ccc2c(c1)CC[C@H]1[C@](C)(CNCC(O)c3ccccc3)CCC[C@]21C. The van der Waals surface area contributed by atoms with Crippen LogP contribution in [0, 0.1) is 11.3 Å². The van der Waals surface area contributed by atoms with Crippen LogP contribution in [0.1, 0.15) is 87.7 Å². The third-order valence-electron chi connectivity index (χ3n) is 8.22. The van der Waals surface area contributed by atoms with Gasteiger partial charge in [-0.25, -0.2) is 0 Å². The second-order valence-corrected chi connectivity index (χ2v) is 10.6. The van der Waals surface area contributed by atoms with Gasteiger partial charge in [-0.05, 0) is 70.6 Å². The second kappa shape index (κ2) is 8.48. The van der Waals surface area contributed by atoms with Gasteiger partial charge >= 0.3 is 0 Å². The van der Waals surface area contributed by atoms with Gasteiger partial charge in [0.2, 0.25) is 0 Å². The number of hydrogen-bond acceptors (Lipinski definition) is 2. The van der Waals surface area contributed by atoms with Gasteiger partial charge in [0.25, 0.3) is 0 Å². The van der Waals surface area contributed by atoms with Gasteiger partial charge in [-0.2, -0.15) is 0 Å². The van der Waals surface area contributed by atoms with Crippen molar-refractivity contribution in [3.63, 3.8) is 0 Å². The molecule has 2 aliphatic carbocycles. The summed E-state index contributed by atoms with van der Waals surface area (Å²) in [6.45, 7) is 11.2. The maximum absolute atomic E-state index is 10.6. The normalized spacial score (nSPS) is 29.3. The van der Waals surface area contributed by atoms with E-state index in [9.17, 15) is 5.11 Å². The van der Waals surface area contributed by atoms with Crippen molar-refractivity contribution in [2.75, 3.05) is 13.1 Å². The van der Waals surface area contributed by atoms with Crippen molar-refractivity contribution < 1.29 is 5.11 Å². The smallest absolute Gasteiger partial charge is 0.0914 e. The molecule has 30 heavy (non-hydrogen) atoms. The first kappa shape index (κ1) is 21.6. The van der Waals surface area contributed by atoms with E-state index in [0.29, 0.717) is 18.4 Å². The van der Waals surface area contributed by atoms with Crippen LogP contribution in [-0.4, -0.2) is 18.2 Å². The van der Waals surface area contributed by atoms with Gasteiger partial charge < -0.3 is 10.4 Å². The van der Waals surface area contributed by atoms with Crippen LogP contribution in [0.5, 0.6) is 0 Å². The summed E-state index contributed by atoms with van der Waals surface area (Å²) >= 11 is 0. The first-order valence-corrected chi connectivity index (χ1v) is 11.9. The van der Waals surface area contributed by atoms with Crippen molar-refractivity contribution in [3.8, 4) is 0 Å². The van der Waals surface area contributed by atoms with Crippen molar-refractivity contribution in [2.45, 2.75) is 77.2 Å². The molecule has 0 spiro atoms. The highest BCUT2D eigenvalue weighted by Crippen LogP contribution is 2.57. The molecule has 0 aliphatic heterocycles. The number of fused-ring (bicyclic) bond motifs is 3. The summed E-state index contributed by atoms with van der Waals surface area (Å²) in [6, 6.07) is 17.3. The van der Waals surface area contributed by atoms with Crippen LogP contribution < -0.4 is 5.32 Å². The molecule has 4 atom stereocenters. The first-order valence-electron chi connectivity index (χ1n) is 11.9. The maximum Gasteiger partial charge on any atom is 0.0914 e. The number of benzene rings is 2. The lowest BCUT2D eigenvalue weighted by molar-refractivity contribution is 0.0235. The van der Waals surface area contributed by atoms with Crippen LogP contribution in [0.3, 0.4) is 0 Å². The Morgan fingerprint density at radius 3 is 2.53 bits per heavy atom. The molecular formula is C28H39NO. The van der Waals surface area contributed by atoms with Crippen LogP contribution in [-0.2, 0) is 11.8 Å². The van der Waals surface area contributed by atoms with E-state index in [2.05, 4.69) is 51.2 Å². The minimum atomic E-state index is -0.439. The zero-order valence-electron chi connectivity index (χ0n) is 19.2. The van der Waals surface area contributed by atoms with E-state index in [4.69, 9.17) is 0 Å². The van der Waals surface area contributed by atoms with E-state index in [0.717, 1.165) is 12.1 Å². The monoisotopic (exact) mass is 405 g/mol. The minimum Gasteiger partial charge on any atom is -0.387 e. The maximum atomic E-state index is 10.6. The van der Waals surface area contributed by atoms with E-state index in [-0.39, 0.29) is 10.8 Å². The van der Waals surface area contributed by atoms with E-state index < -0.39 is 6.10 Å². The van der Waals surface area contributed by atoms with Gasteiger partial charge in [-0.1, -0.05) is 82.6 Å². The van der Waals surface area contributed by atoms with Crippen LogP contribution in [0.2, 0.25) is 0 Å². The van der Waals surface area contributed by atoms with Gasteiger partial charge in [-0.3, -0.25) is 0 Å². The van der Waals surface area contributed by atoms with Crippen LogP contribution in [0.25, 0.3) is 0 Å². The van der Waals surface area contributed by atoms with Crippen molar-refractivity contribution >= 4 is 0 Å². The molecule has 0 aromatic heterocycles. The molecule has 0 bridgehead atoms. The van der Waals surface area contributed by atoms with Gasteiger partial charge in [-0.15, -0.1) is 0 Å². The van der Waals surface area contributed by atoms with Gasteiger partial charge in [0, 0.05) is 13.1 Å². The molecule has 4 rings (SSSR count). The third kappa shape index (κ3) is 3.97. The van der Waals surface area contributed by atoms with Crippen molar-refractivity contribution in [1.82, 2.24) is 5.32 Å². The summed E-state index contributed by atoms with van der Waals surface area (Å²) in [5.74, 6) is 1.29. The average molecular weight is 406 g/mol. The largest absolute Gasteiger partial charge is 0.387 e. The van der Waals surface area contributed by atoms with Gasteiger partial charge in [0.15, 0.2) is 0 Å². The Kier molecular flexibility index (Phi) is 6.10. The summed E-state index contributed by atoms with van der Waals surface area (Å²) in [6.07, 6.45) is 5.92. The fraction of sp³-hybridized carbons (Fsp3) is 0.571. The Bertz CT molecular complexity index is 860. The Morgan fingerprint density at radius 1 is 1.03 bits per heavy atom. The predicted molar refractivity (Wildman–Crippen MR) is 126 cm³/mol. The number of aliphatic hydroxyl groups excluding tert-OH is 1. The number of aliphatic hydroxyl groups is 1. The summed E-state index contributed by atoms with van der Waals surface area (Å²) < 4.78 is 0. The Balaban J connectivity index is 1.49. The molecule has 2 heteroatoms. The third-order valence-corrected chi connectivity index (χ3v) is 8.22. The Labute approximate surface area is 183 Å². The first-order chi connectivity index (χ1) is 14.3. The lowest BCUT2D eigenvalue weighted by atomic mass is 9.49. The molecule has 2 N–H and O–H groups in total. The standard InChI is InChI=1S/C28H39NO/c1-20(2)22-11-13-24-23(17-22)12-14-26-27(3,15-8-16-28(24,26)4)19-29-18-25(30)21-9-6-5-7-10-21/h5-7,9-11,13,17,20,25-26,29-30H,8,12,14-16,18-19H2,1-4H3/t25?,26-,27-,28+/m0/s1. The Hall–Kier alpha value is -1.64. The molecule has 0 amide bonds. The number of hydrogen-bond donors (Lipinski definition) is 2. The molecule has 1 fully saturated rings. The van der Waals surface area contributed by atoms with Crippen LogP contribution in [0.4, 0.5) is 0 Å². The van der Waals surface area contributed by atoms with Crippen molar-refractivity contribution in [1.29, 1.82) is 0 Å². The molecule has 1 saturated carbocycles. The lowest BCUT2D eigenvalue weighted by Gasteiger charge is -2.56. The minimum absolute atomic E-state index is 0.274. The highest BCUT2D eigenvalue weighted by Gasteiger charge is 2.51. The zero-order valence-corrected chi connectivity index (χ0v) is 19.2. The van der Waals surface area contributed by atoms with Gasteiger partial charge in [0.05, 0.1) is 6.10 Å². The zero-order chi connectivity index (χ0) is 21.4. The molecule has 2 nitrogen and oxygen atoms in total. The topological polar surface area (TPSA) is 32.3 Å². The molecule has 162 valence electrons. The molecule has 2 aliphatic rings. The molecule has 0 saturated heterocycles. The molecular weight excluding hydrogens is 366 g/mol. The lowest BCUT2D eigenvalue weighted by Crippen LogP contribution is -2.52. The summed E-state index contributed by atoms with van der Waals surface area (Å²) in [7, 11) is 0. The summed E-state index contributed by atoms with van der Waals surface area (Å²) in [5, 5.41) is 14.2. The van der Waals surface area contributed by atoms with Crippen LogP contribution >= 0.6 is 0 Å². The Morgan fingerprint density at radius 2 is 1.80 bits per heavy atom.